The molecule has 132 valence electrons. The van der Waals surface area contributed by atoms with Crippen LogP contribution in [-0.4, -0.2) is 24.1 Å². The summed E-state index contributed by atoms with van der Waals surface area (Å²) >= 11 is 0. The van der Waals surface area contributed by atoms with E-state index in [0.717, 1.165) is 31.2 Å². The summed E-state index contributed by atoms with van der Waals surface area (Å²) in [5, 5.41) is 10.5. The van der Waals surface area contributed by atoms with Crippen molar-refractivity contribution in [2.24, 2.45) is 11.3 Å². The molecular formula is C21H30O3. The van der Waals surface area contributed by atoms with Crippen LogP contribution in [0.4, 0.5) is 0 Å². The zero-order valence-electron chi connectivity index (χ0n) is 15.6. The van der Waals surface area contributed by atoms with E-state index < -0.39 is 0 Å². The number of ketones is 1. The number of hydrogen-bond acceptors (Lipinski definition) is 3. The number of hydrogen-bond donors (Lipinski definition) is 1. The molecule has 1 aromatic carbocycles. The van der Waals surface area contributed by atoms with Gasteiger partial charge >= 0.3 is 0 Å². The van der Waals surface area contributed by atoms with Gasteiger partial charge in [-0.25, -0.2) is 0 Å². The van der Waals surface area contributed by atoms with Crippen molar-refractivity contribution in [2.75, 3.05) is 7.11 Å². The summed E-state index contributed by atoms with van der Waals surface area (Å²) in [6, 6.07) is 4.18. The van der Waals surface area contributed by atoms with Crippen LogP contribution in [0.3, 0.4) is 0 Å². The van der Waals surface area contributed by atoms with E-state index in [-0.39, 0.29) is 22.7 Å². The molecule has 1 N–H and O–H groups in total. The average molecular weight is 330 g/mol. The van der Waals surface area contributed by atoms with Crippen LogP contribution in [0, 0.1) is 11.3 Å². The predicted molar refractivity (Wildman–Crippen MR) is 95.8 cm³/mol. The quantitative estimate of drug-likeness (QED) is 0.841. The van der Waals surface area contributed by atoms with Crippen molar-refractivity contribution in [1.82, 2.24) is 0 Å². The van der Waals surface area contributed by atoms with Crippen molar-refractivity contribution >= 4 is 5.78 Å². The molecule has 0 aliphatic heterocycles. The first-order valence-electron chi connectivity index (χ1n) is 9.18. The van der Waals surface area contributed by atoms with Crippen LogP contribution in [0.2, 0.25) is 0 Å². The largest absolute Gasteiger partial charge is 0.496 e. The Labute approximate surface area is 145 Å². The summed E-state index contributed by atoms with van der Waals surface area (Å²) in [4.78, 5) is 12.3. The molecule has 3 nitrogen and oxygen atoms in total. The molecule has 1 aromatic rings. The normalized spacial score (nSPS) is 31.1. The molecule has 3 atom stereocenters. The first-order valence-corrected chi connectivity index (χ1v) is 9.18. The predicted octanol–water partition coefficient (Wildman–Crippen LogP) is 4.29. The van der Waals surface area contributed by atoms with Crippen LogP contribution in [0.15, 0.2) is 12.1 Å². The third kappa shape index (κ3) is 2.40. The Morgan fingerprint density at radius 3 is 2.62 bits per heavy atom. The number of ether oxygens (including phenoxy) is 1. The highest BCUT2D eigenvalue weighted by Gasteiger charge is 2.53. The highest BCUT2D eigenvalue weighted by atomic mass is 16.5. The molecule has 0 bridgehead atoms. The smallest absolute Gasteiger partial charge is 0.166 e. The lowest BCUT2D eigenvalue weighted by molar-refractivity contribution is -0.0731. The maximum Gasteiger partial charge on any atom is 0.166 e. The Kier molecular flexibility index (Phi) is 4.28. The molecule has 0 unspecified atom stereocenters. The molecule has 0 aromatic heterocycles. The van der Waals surface area contributed by atoms with Crippen molar-refractivity contribution < 1.29 is 14.6 Å². The van der Waals surface area contributed by atoms with Crippen molar-refractivity contribution in [2.45, 2.75) is 71.3 Å². The van der Waals surface area contributed by atoms with Gasteiger partial charge in [-0.05, 0) is 65.7 Å². The second kappa shape index (κ2) is 5.87. The van der Waals surface area contributed by atoms with Crippen LogP contribution < -0.4 is 4.74 Å². The molecule has 0 radical (unpaired) electrons. The fourth-order valence-electron chi connectivity index (χ4n) is 5.29. The number of rotatable bonds is 3. The van der Waals surface area contributed by atoms with Crippen LogP contribution >= 0.6 is 0 Å². The lowest BCUT2D eigenvalue weighted by Gasteiger charge is -2.56. The van der Waals surface area contributed by atoms with Crippen molar-refractivity contribution in [3.63, 3.8) is 0 Å². The van der Waals surface area contributed by atoms with E-state index >= 15 is 0 Å². The highest BCUT2D eigenvalue weighted by Crippen LogP contribution is 2.57. The summed E-state index contributed by atoms with van der Waals surface area (Å²) < 4.78 is 5.56. The minimum absolute atomic E-state index is 0.0391. The van der Waals surface area contributed by atoms with E-state index in [1.54, 1.807) is 7.11 Å². The summed E-state index contributed by atoms with van der Waals surface area (Å²) in [5.74, 6) is 1.28. The number of aryl methyl sites for hydroxylation is 1. The Morgan fingerprint density at radius 2 is 2.00 bits per heavy atom. The lowest BCUT2D eigenvalue weighted by atomic mass is 9.49. The van der Waals surface area contributed by atoms with Gasteiger partial charge in [0.25, 0.3) is 0 Å². The molecule has 3 rings (SSSR count). The van der Waals surface area contributed by atoms with E-state index in [0.29, 0.717) is 18.1 Å². The van der Waals surface area contributed by atoms with E-state index in [1.807, 2.05) is 6.92 Å². The number of methoxy groups -OCH3 is 1. The molecule has 0 saturated heterocycles. The van der Waals surface area contributed by atoms with Gasteiger partial charge in [-0.2, -0.15) is 0 Å². The molecule has 0 heterocycles. The Morgan fingerprint density at radius 1 is 1.29 bits per heavy atom. The van der Waals surface area contributed by atoms with Gasteiger partial charge in [-0.1, -0.05) is 27.7 Å². The van der Waals surface area contributed by atoms with Crippen LogP contribution in [0.25, 0.3) is 0 Å². The van der Waals surface area contributed by atoms with Gasteiger partial charge in [0.05, 0.1) is 18.8 Å². The molecule has 3 heteroatoms. The van der Waals surface area contributed by atoms with Gasteiger partial charge in [0, 0.05) is 6.42 Å². The van der Waals surface area contributed by atoms with Gasteiger partial charge < -0.3 is 9.84 Å². The molecule has 1 saturated carbocycles. The maximum absolute atomic E-state index is 12.3. The van der Waals surface area contributed by atoms with Gasteiger partial charge in [0.2, 0.25) is 0 Å². The van der Waals surface area contributed by atoms with Gasteiger partial charge in [-0.15, -0.1) is 0 Å². The van der Waals surface area contributed by atoms with Gasteiger partial charge in [-0.3, -0.25) is 4.79 Å². The number of aliphatic hydroxyl groups excluding tert-OH is 1. The third-order valence-corrected chi connectivity index (χ3v) is 6.83. The fourth-order valence-corrected chi connectivity index (χ4v) is 5.29. The zero-order valence-corrected chi connectivity index (χ0v) is 15.6. The topological polar surface area (TPSA) is 46.5 Å². The Bertz CT molecular complexity index is 661. The number of fused-ring (bicyclic) bond motifs is 3. The van der Waals surface area contributed by atoms with E-state index in [9.17, 15) is 9.90 Å². The minimum atomic E-state index is -0.236. The molecule has 0 amide bonds. The summed E-state index contributed by atoms with van der Waals surface area (Å²) in [6.45, 7) is 8.64. The Balaban J connectivity index is 2.13. The molecule has 24 heavy (non-hydrogen) atoms. The first kappa shape index (κ1) is 17.5. The number of aliphatic hydroxyl groups is 1. The van der Waals surface area contributed by atoms with Crippen LogP contribution in [0.5, 0.6) is 5.75 Å². The number of Topliss-reactive ketones (excluding diaryl/α,β-unsaturated/α-hetero) is 1. The second-order valence-electron chi connectivity index (χ2n) is 8.37. The number of carbonyl (C=O) groups is 1. The minimum Gasteiger partial charge on any atom is -0.496 e. The summed E-state index contributed by atoms with van der Waals surface area (Å²) in [5.41, 5.74) is 3.28. The lowest BCUT2D eigenvalue weighted by Crippen LogP contribution is -2.53. The Hall–Kier alpha value is -1.35. The second-order valence-corrected chi connectivity index (χ2v) is 8.37. The molecule has 2 aliphatic carbocycles. The maximum atomic E-state index is 12.3. The van der Waals surface area contributed by atoms with E-state index in [1.165, 1.54) is 11.1 Å². The van der Waals surface area contributed by atoms with Crippen LogP contribution in [0.1, 0.15) is 74.9 Å². The molecule has 1 fully saturated rings. The third-order valence-electron chi connectivity index (χ3n) is 6.83. The summed E-state index contributed by atoms with van der Waals surface area (Å²) in [7, 11) is 1.64. The zero-order chi connectivity index (χ0) is 17.7. The molecular weight excluding hydrogens is 300 g/mol. The van der Waals surface area contributed by atoms with E-state index in [2.05, 4.69) is 32.9 Å². The monoisotopic (exact) mass is 330 g/mol. The summed E-state index contributed by atoms with van der Waals surface area (Å²) in [6.07, 6.45) is 4.12. The van der Waals surface area contributed by atoms with Crippen LogP contribution in [-0.2, 0) is 11.8 Å². The first-order chi connectivity index (χ1) is 11.3. The van der Waals surface area contributed by atoms with Crippen molar-refractivity contribution in [3.8, 4) is 5.75 Å². The van der Waals surface area contributed by atoms with E-state index in [4.69, 9.17) is 4.74 Å². The van der Waals surface area contributed by atoms with Crippen molar-refractivity contribution in [3.05, 3.63) is 28.8 Å². The number of benzene rings is 1. The highest BCUT2D eigenvalue weighted by molar-refractivity contribution is 5.98. The standard InChI is InChI=1S/C21H30O3/c1-6-16(22)14-11-13-7-8-18-20(2,3)19(23)9-10-21(18,4)15(13)12-17(14)24-5/h11-12,18-19,23H,6-10H2,1-5H3/t18-,19-,21+/m0/s1. The number of carbonyl (C=O) groups excluding carboxylic acids is 1. The molecule has 0 spiro atoms. The fraction of sp³-hybridized carbons (Fsp3) is 0.667. The molecule has 2 aliphatic rings. The average Bonchev–Trinajstić information content (AvgIpc) is 2.57. The SMILES string of the molecule is CCC(=O)c1cc2c(cc1OC)[C@@]1(C)CC[C@H](O)C(C)(C)[C@@H]1CC2. The van der Waals surface area contributed by atoms with Crippen molar-refractivity contribution in [1.29, 1.82) is 0 Å². The van der Waals surface area contributed by atoms with Gasteiger partial charge in [0.15, 0.2) is 5.78 Å². The van der Waals surface area contributed by atoms with Gasteiger partial charge in [0.1, 0.15) is 5.75 Å².